The molecule has 0 bridgehead atoms. The van der Waals surface area contributed by atoms with Crippen LogP contribution in [0.15, 0.2) is 18.2 Å². The molecule has 0 aliphatic carbocycles. The number of ether oxygens (including phenoxy) is 3. The number of benzene rings is 1. The zero-order valence-corrected chi connectivity index (χ0v) is 14.3. The van der Waals surface area contributed by atoms with Gasteiger partial charge in [-0.1, -0.05) is 36.5 Å². The zero-order chi connectivity index (χ0) is 16.1. The molecule has 0 saturated carbocycles. The second-order valence-corrected chi connectivity index (χ2v) is 6.39. The van der Waals surface area contributed by atoms with Gasteiger partial charge in [0.05, 0.1) is 19.3 Å². The largest absolute Gasteiger partial charge is 0.391 e. The average Bonchev–Trinajstić information content (AvgIpc) is 2.45. The Balaban J connectivity index is 1.95. The van der Waals surface area contributed by atoms with Crippen LogP contribution in [0.25, 0.3) is 0 Å². The summed E-state index contributed by atoms with van der Waals surface area (Å²) in [4.78, 5) is 0. The van der Waals surface area contributed by atoms with Crippen molar-refractivity contribution in [3.63, 3.8) is 0 Å². The van der Waals surface area contributed by atoms with E-state index in [1.807, 2.05) is 0 Å². The highest BCUT2D eigenvalue weighted by atomic mass is 35.5. The lowest BCUT2D eigenvalue weighted by molar-refractivity contribution is -0.281. The molecular weight excluding hydrogens is 327 g/mol. The van der Waals surface area contributed by atoms with Gasteiger partial charge in [-0.05, 0) is 37.1 Å². The van der Waals surface area contributed by atoms with E-state index in [-0.39, 0.29) is 12.4 Å². The molecule has 0 amide bonds. The molecule has 0 aromatic heterocycles. The van der Waals surface area contributed by atoms with Crippen LogP contribution in [0.5, 0.6) is 0 Å². The van der Waals surface area contributed by atoms with Crippen molar-refractivity contribution in [2.45, 2.75) is 57.9 Å². The molecule has 2 rings (SSSR count). The van der Waals surface area contributed by atoms with E-state index in [0.717, 1.165) is 18.4 Å². The fraction of sp³-hybridized carbons (Fsp3) is 0.625. The monoisotopic (exact) mass is 348 g/mol. The van der Waals surface area contributed by atoms with Crippen LogP contribution in [0.1, 0.15) is 32.3 Å². The maximum absolute atomic E-state index is 9.92. The molecule has 1 N–H and O–H groups in total. The summed E-state index contributed by atoms with van der Waals surface area (Å²) in [6.07, 6.45) is 0.135. The Hall–Kier alpha value is -0.360. The molecule has 1 aliphatic heterocycles. The highest BCUT2D eigenvalue weighted by molar-refractivity contribution is 6.34. The lowest BCUT2D eigenvalue weighted by Gasteiger charge is -2.37. The molecule has 0 spiro atoms. The summed E-state index contributed by atoms with van der Waals surface area (Å²) < 4.78 is 17.3. The standard InChI is InChI=1S/C16H22Cl2O4/c1-3-4-15-21-9-14(16(22-15)10(2)19)20-8-11-5-12(17)7-13(18)6-11/h5-7,10,14-16,19H,3-4,8-9H2,1-2H3/t10?,14-,15+,16-/m1/s1. The number of halogens is 2. The van der Waals surface area contributed by atoms with Gasteiger partial charge in [0, 0.05) is 10.0 Å². The molecule has 1 heterocycles. The summed E-state index contributed by atoms with van der Waals surface area (Å²) in [6, 6.07) is 5.28. The van der Waals surface area contributed by atoms with Gasteiger partial charge in [0.2, 0.25) is 0 Å². The Labute approximate surface area is 141 Å². The average molecular weight is 349 g/mol. The first kappa shape index (κ1) is 18.0. The van der Waals surface area contributed by atoms with Crippen LogP contribution in [0.2, 0.25) is 10.0 Å². The van der Waals surface area contributed by atoms with Crippen molar-refractivity contribution < 1.29 is 19.3 Å². The molecule has 6 heteroatoms. The predicted molar refractivity (Wildman–Crippen MR) is 86.2 cm³/mol. The number of aliphatic hydroxyl groups excluding tert-OH is 1. The second kappa shape index (κ2) is 8.48. The van der Waals surface area contributed by atoms with Crippen LogP contribution in [-0.2, 0) is 20.8 Å². The van der Waals surface area contributed by atoms with Crippen molar-refractivity contribution >= 4 is 23.2 Å². The second-order valence-electron chi connectivity index (χ2n) is 5.52. The van der Waals surface area contributed by atoms with Crippen LogP contribution < -0.4 is 0 Å². The minimum Gasteiger partial charge on any atom is -0.391 e. The van der Waals surface area contributed by atoms with Gasteiger partial charge < -0.3 is 19.3 Å². The van der Waals surface area contributed by atoms with Gasteiger partial charge in [0.15, 0.2) is 6.29 Å². The Kier molecular flexibility index (Phi) is 6.93. The molecule has 1 aromatic carbocycles. The van der Waals surface area contributed by atoms with Crippen molar-refractivity contribution in [3.05, 3.63) is 33.8 Å². The molecule has 1 unspecified atom stereocenters. The number of aliphatic hydroxyl groups is 1. The first-order valence-corrected chi connectivity index (χ1v) is 8.27. The van der Waals surface area contributed by atoms with Crippen molar-refractivity contribution in [1.29, 1.82) is 0 Å². The highest BCUT2D eigenvalue weighted by Crippen LogP contribution is 2.24. The molecular formula is C16H22Cl2O4. The Morgan fingerprint density at radius 3 is 2.59 bits per heavy atom. The minimum atomic E-state index is -0.629. The van der Waals surface area contributed by atoms with Gasteiger partial charge >= 0.3 is 0 Å². The zero-order valence-electron chi connectivity index (χ0n) is 12.8. The van der Waals surface area contributed by atoms with Gasteiger partial charge in [0.1, 0.15) is 12.2 Å². The number of hydrogen-bond donors (Lipinski definition) is 1. The Morgan fingerprint density at radius 2 is 2.00 bits per heavy atom. The molecule has 0 radical (unpaired) electrons. The van der Waals surface area contributed by atoms with Gasteiger partial charge in [-0.3, -0.25) is 0 Å². The maximum atomic E-state index is 9.92. The van der Waals surface area contributed by atoms with Crippen LogP contribution in [0.3, 0.4) is 0 Å². The highest BCUT2D eigenvalue weighted by Gasteiger charge is 2.35. The fourth-order valence-corrected chi connectivity index (χ4v) is 3.02. The Morgan fingerprint density at radius 1 is 1.32 bits per heavy atom. The van der Waals surface area contributed by atoms with Gasteiger partial charge in [0.25, 0.3) is 0 Å². The van der Waals surface area contributed by atoms with E-state index >= 15 is 0 Å². The summed E-state index contributed by atoms with van der Waals surface area (Å²) in [5.74, 6) is 0. The first-order valence-electron chi connectivity index (χ1n) is 7.51. The van der Waals surface area contributed by atoms with E-state index in [9.17, 15) is 5.11 Å². The molecule has 124 valence electrons. The lowest BCUT2D eigenvalue weighted by Crippen LogP contribution is -2.50. The minimum absolute atomic E-state index is 0.273. The summed E-state index contributed by atoms with van der Waals surface area (Å²) in [5, 5.41) is 11.1. The van der Waals surface area contributed by atoms with Crippen molar-refractivity contribution in [2.24, 2.45) is 0 Å². The lowest BCUT2D eigenvalue weighted by atomic mass is 10.1. The van der Waals surface area contributed by atoms with Gasteiger partial charge in [-0.2, -0.15) is 0 Å². The smallest absolute Gasteiger partial charge is 0.158 e. The van der Waals surface area contributed by atoms with Crippen molar-refractivity contribution in [2.75, 3.05) is 6.61 Å². The van der Waals surface area contributed by atoms with E-state index in [1.165, 1.54) is 0 Å². The first-order chi connectivity index (χ1) is 10.5. The topological polar surface area (TPSA) is 47.9 Å². The number of hydrogen-bond acceptors (Lipinski definition) is 4. The SMILES string of the molecule is CCC[C@H]1OC[C@@H](OCc2cc(Cl)cc(Cl)c2)[C@@H](C(C)O)O1. The van der Waals surface area contributed by atoms with E-state index in [2.05, 4.69) is 6.92 Å². The molecule has 1 saturated heterocycles. The van der Waals surface area contributed by atoms with Crippen LogP contribution >= 0.6 is 23.2 Å². The third-order valence-electron chi connectivity index (χ3n) is 3.51. The molecule has 1 fully saturated rings. The fourth-order valence-electron chi connectivity index (χ4n) is 2.45. The molecule has 1 aliphatic rings. The Bertz CT molecular complexity index is 461. The maximum Gasteiger partial charge on any atom is 0.158 e. The third-order valence-corrected chi connectivity index (χ3v) is 3.94. The molecule has 4 nitrogen and oxygen atoms in total. The molecule has 1 aromatic rings. The quantitative estimate of drug-likeness (QED) is 0.849. The summed E-state index contributed by atoms with van der Waals surface area (Å²) in [6.45, 7) is 4.50. The van der Waals surface area contributed by atoms with E-state index in [4.69, 9.17) is 37.4 Å². The summed E-state index contributed by atoms with van der Waals surface area (Å²) in [7, 11) is 0. The van der Waals surface area contributed by atoms with Crippen LogP contribution in [-0.4, -0.2) is 36.3 Å². The predicted octanol–water partition coefficient (Wildman–Crippen LogP) is 3.80. The molecule has 4 atom stereocenters. The summed E-state index contributed by atoms with van der Waals surface area (Å²) >= 11 is 12.0. The normalized spacial score (nSPS) is 26.9. The van der Waals surface area contributed by atoms with E-state index in [1.54, 1.807) is 25.1 Å². The van der Waals surface area contributed by atoms with E-state index in [0.29, 0.717) is 23.3 Å². The van der Waals surface area contributed by atoms with Crippen LogP contribution in [0.4, 0.5) is 0 Å². The third kappa shape index (κ3) is 5.08. The van der Waals surface area contributed by atoms with Crippen molar-refractivity contribution in [1.82, 2.24) is 0 Å². The van der Waals surface area contributed by atoms with Gasteiger partial charge in [-0.25, -0.2) is 0 Å². The van der Waals surface area contributed by atoms with Gasteiger partial charge in [-0.15, -0.1) is 0 Å². The summed E-state index contributed by atoms with van der Waals surface area (Å²) in [5.41, 5.74) is 0.873. The number of rotatable bonds is 6. The molecule has 22 heavy (non-hydrogen) atoms. The van der Waals surface area contributed by atoms with Crippen molar-refractivity contribution in [3.8, 4) is 0 Å². The van der Waals surface area contributed by atoms with Crippen LogP contribution in [0, 0.1) is 0 Å². The van der Waals surface area contributed by atoms with E-state index < -0.39 is 12.2 Å².